The SMILES string of the molecule is CCC(CCCN1CCC(C(C)C)C1)(NC)C(=O)O. The molecule has 0 bridgehead atoms. The van der Waals surface area contributed by atoms with Crippen LogP contribution in [-0.2, 0) is 4.79 Å². The van der Waals surface area contributed by atoms with Crippen molar-refractivity contribution in [2.24, 2.45) is 11.8 Å². The number of hydrogen-bond donors (Lipinski definition) is 2. The van der Waals surface area contributed by atoms with E-state index in [9.17, 15) is 9.90 Å². The van der Waals surface area contributed by atoms with Gasteiger partial charge in [0.25, 0.3) is 0 Å². The Morgan fingerprint density at radius 3 is 2.63 bits per heavy atom. The number of carboxylic acid groups (broad SMARTS) is 1. The summed E-state index contributed by atoms with van der Waals surface area (Å²) in [6.45, 7) is 9.91. The third-order valence-electron chi connectivity index (χ3n) is 4.82. The number of carboxylic acids is 1. The maximum absolute atomic E-state index is 11.4. The van der Waals surface area contributed by atoms with Crippen LogP contribution in [0.1, 0.15) is 46.5 Å². The van der Waals surface area contributed by atoms with Crippen LogP contribution >= 0.6 is 0 Å². The fourth-order valence-electron chi connectivity index (χ4n) is 3.06. The number of likely N-dealkylation sites (tertiary alicyclic amines) is 1. The predicted molar refractivity (Wildman–Crippen MR) is 78.3 cm³/mol. The van der Waals surface area contributed by atoms with Gasteiger partial charge in [0.05, 0.1) is 0 Å². The molecule has 4 nitrogen and oxygen atoms in total. The van der Waals surface area contributed by atoms with Crippen LogP contribution in [0.3, 0.4) is 0 Å². The van der Waals surface area contributed by atoms with Crippen molar-refractivity contribution in [1.29, 1.82) is 0 Å². The van der Waals surface area contributed by atoms with E-state index >= 15 is 0 Å². The van der Waals surface area contributed by atoms with Gasteiger partial charge in [0.1, 0.15) is 5.54 Å². The van der Waals surface area contributed by atoms with E-state index in [0.717, 1.165) is 24.8 Å². The molecular weight excluding hydrogens is 240 g/mol. The first-order chi connectivity index (χ1) is 8.95. The lowest BCUT2D eigenvalue weighted by Gasteiger charge is -2.28. The van der Waals surface area contributed by atoms with Crippen molar-refractivity contribution in [3.63, 3.8) is 0 Å². The second kappa shape index (κ2) is 7.25. The van der Waals surface area contributed by atoms with Gasteiger partial charge in [0, 0.05) is 6.54 Å². The molecule has 1 aliphatic rings. The maximum Gasteiger partial charge on any atom is 0.323 e. The second-order valence-corrected chi connectivity index (χ2v) is 6.19. The van der Waals surface area contributed by atoms with Crippen molar-refractivity contribution < 1.29 is 9.90 Å². The molecule has 1 fully saturated rings. The van der Waals surface area contributed by atoms with Crippen molar-refractivity contribution >= 4 is 5.97 Å². The average Bonchev–Trinajstić information content (AvgIpc) is 2.83. The Bertz CT molecular complexity index is 288. The summed E-state index contributed by atoms with van der Waals surface area (Å²) in [5.74, 6) is 0.856. The lowest BCUT2D eigenvalue weighted by molar-refractivity contribution is -0.145. The maximum atomic E-state index is 11.4. The van der Waals surface area contributed by atoms with E-state index in [1.807, 2.05) is 6.92 Å². The number of rotatable bonds is 8. The molecule has 0 spiro atoms. The number of nitrogens with zero attached hydrogens (tertiary/aromatic N) is 1. The number of nitrogens with one attached hydrogen (secondary N) is 1. The van der Waals surface area contributed by atoms with Gasteiger partial charge in [-0.15, -0.1) is 0 Å². The van der Waals surface area contributed by atoms with Gasteiger partial charge >= 0.3 is 5.97 Å². The van der Waals surface area contributed by atoms with Gasteiger partial charge in [-0.25, -0.2) is 0 Å². The van der Waals surface area contributed by atoms with Crippen molar-refractivity contribution in [3.05, 3.63) is 0 Å². The zero-order chi connectivity index (χ0) is 14.5. The molecule has 4 heteroatoms. The van der Waals surface area contributed by atoms with Gasteiger partial charge in [0.2, 0.25) is 0 Å². The minimum atomic E-state index is -0.739. The van der Waals surface area contributed by atoms with E-state index in [2.05, 4.69) is 24.1 Å². The Balaban J connectivity index is 2.36. The summed E-state index contributed by atoms with van der Waals surface area (Å²) in [6, 6.07) is 0. The smallest absolute Gasteiger partial charge is 0.323 e. The van der Waals surface area contributed by atoms with Gasteiger partial charge in [-0.3, -0.25) is 4.79 Å². The predicted octanol–water partition coefficient (Wildman–Crippen LogP) is 2.20. The number of likely N-dealkylation sites (N-methyl/N-ethyl adjacent to an activating group) is 1. The molecule has 0 aromatic rings. The van der Waals surface area contributed by atoms with Crippen molar-refractivity contribution in [3.8, 4) is 0 Å². The summed E-state index contributed by atoms with van der Waals surface area (Å²) in [5, 5.41) is 12.4. The van der Waals surface area contributed by atoms with Crippen LogP contribution in [0.15, 0.2) is 0 Å². The first-order valence-electron chi connectivity index (χ1n) is 7.60. The molecule has 112 valence electrons. The molecule has 2 unspecified atom stereocenters. The van der Waals surface area contributed by atoms with Crippen LogP contribution in [0.4, 0.5) is 0 Å². The lowest BCUT2D eigenvalue weighted by atomic mass is 9.90. The fourth-order valence-corrected chi connectivity index (χ4v) is 3.06. The van der Waals surface area contributed by atoms with E-state index in [-0.39, 0.29) is 0 Å². The summed E-state index contributed by atoms with van der Waals surface area (Å²) in [4.78, 5) is 13.9. The summed E-state index contributed by atoms with van der Waals surface area (Å²) >= 11 is 0. The van der Waals surface area contributed by atoms with Gasteiger partial charge < -0.3 is 15.3 Å². The van der Waals surface area contributed by atoms with Crippen LogP contribution in [0.25, 0.3) is 0 Å². The van der Waals surface area contributed by atoms with E-state index in [0.29, 0.717) is 12.8 Å². The first-order valence-corrected chi connectivity index (χ1v) is 7.60. The summed E-state index contributed by atoms with van der Waals surface area (Å²) in [7, 11) is 1.75. The highest BCUT2D eigenvalue weighted by molar-refractivity contribution is 5.78. The summed E-state index contributed by atoms with van der Waals surface area (Å²) in [5.41, 5.74) is -0.739. The van der Waals surface area contributed by atoms with E-state index in [1.165, 1.54) is 19.5 Å². The molecule has 1 aliphatic heterocycles. The van der Waals surface area contributed by atoms with E-state index in [4.69, 9.17) is 0 Å². The Hall–Kier alpha value is -0.610. The molecule has 0 amide bonds. The van der Waals surface area contributed by atoms with E-state index < -0.39 is 11.5 Å². The number of aliphatic carboxylic acids is 1. The molecule has 1 heterocycles. The van der Waals surface area contributed by atoms with Gasteiger partial charge in [-0.05, 0) is 57.7 Å². The Labute approximate surface area is 117 Å². The molecule has 0 radical (unpaired) electrons. The Morgan fingerprint density at radius 1 is 1.53 bits per heavy atom. The third kappa shape index (κ3) is 4.18. The zero-order valence-electron chi connectivity index (χ0n) is 12.9. The second-order valence-electron chi connectivity index (χ2n) is 6.19. The average molecular weight is 270 g/mol. The highest BCUT2D eigenvalue weighted by Crippen LogP contribution is 2.24. The molecule has 0 aliphatic carbocycles. The lowest BCUT2D eigenvalue weighted by Crippen LogP contribution is -2.50. The topological polar surface area (TPSA) is 52.6 Å². The normalized spacial score (nSPS) is 23.7. The number of carbonyl (C=O) groups is 1. The highest BCUT2D eigenvalue weighted by atomic mass is 16.4. The monoisotopic (exact) mass is 270 g/mol. The molecule has 0 aromatic heterocycles. The van der Waals surface area contributed by atoms with Crippen LogP contribution in [0.2, 0.25) is 0 Å². The standard InChI is InChI=1S/C15H30N2O2/c1-5-15(16-4,14(18)19)8-6-9-17-10-7-13(11-17)12(2)3/h12-13,16H,5-11H2,1-4H3,(H,18,19). The molecule has 19 heavy (non-hydrogen) atoms. The quantitative estimate of drug-likeness (QED) is 0.710. The van der Waals surface area contributed by atoms with Crippen LogP contribution in [0.5, 0.6) is 0 Å². The Morgan fingerprint density at radius 2 is 2.21 bits per heavy atom. The summed E-state index contributed by atoms with van der Waals surface area (Å²) < 4.78 is 0. The molecule has 1 rings (SSSR count). The van der Waals surface area contributed by atoms with Crippen LogP contribution in [0, 0.1) is 11.8 Å². The van der Waals surface area contributed by atoms with Crippen LogP contribution < -0.4 is 5.32 Å². The summed E-state index contributed by atoms with van der Waals surface area (Å²) in [6.07, 6.45) is 3.58. The molecule has 0 saturated carbocycles. The minimum Gasteiger partial charge on any atom is -0.480 e. The molecule has 1 saturated heterocycles. The van der Waals surface area contributed by atoms with Gasteiger partial charge in [0.15, 0.2) is 0 Å². The first kappa shape index (κ1) is 16.4. The van der Waals surface area contributed by atoms with Gasteiger partial charge in [-0.2, -0.15) is 0 Å². The number of hydrogen-bond acceptors (Lipinski definition) is 3. The van der Waals surface area contributed by atoms with Crippen molar-refractivity contribution in [1.82, 2.24) is 10.2 Å². The molecule has 0 aromatic carbocycles. The highest BCUT2D eigenvalue weighted by Gasteiger charge is 2.34. The minimum absolute atomic E-state index is 0.632. The zero-order valence-corrected chi connectivity index (χ0v) is 12.9. The fraction of sp³-hybridized carbons (Fsp3) is 0.933. The molecule has 2 atom stereocenters. The third-order valence-corrected chi connectivity index (χ3v) is 4.82. The Kier molecular flexibility index (Phi) is 6.27. The van der Waals surface area contributed by atoms with Gasteiger partial charge in [-0.1, -0.05) is 20.8 Å². The van der Waals surface area contributed by atoms with Crippen molar-refractivity contribution in [2.75, 3.05) is 26.7 Å². The van der Waals surface area contributed by atoms with Crippen molar-refractivity contribution in [2.45, 2.75) is 52.0 Å². The molecule has 2 N–H and O–H groups in total. The van der Waals surface area contributed by atoms with Crippen LogP contribution in [-0.4, -0.2) is 48.2 Å². The van der Waals surface area contributed by atoms with E-state index in [1.54, 1.807) is 7.05 Å². The largest absolute Gasteiger partial charge is 0.480 e. The molecular formula is C15H30N2O2.